The standard InChI is InChI=1S/C11H10N6S/c1-2-9(12-5-10-6-18-16-15-10)4-11(3-1)17-7-13-14-8-17/h1-4,6-8,12H,5H2. The van der Waals surface area contributed by atoms with Gasteiger partial charge in [-0.05, 0) is 29.7 Å². The highest BCUT2D eigenvalue weighted by Crippen LogP contribution is 2.14. The number of rotatable bonds is 4. The number of anilines is 1. The first-order chi connectivity index (χ1) is 8.92. The molecule has 0 aliphatic rings. The van der Waals surface area contributed by atoms with Crippen LogP contribution in [0.4, 0.5) is 5.69 Å². The summed E-state index contributed by atoms with van der Waals surface area (Å²) in [4.78, 5) is 0. The number of nitrogens with one attached hydrogen (secondary N) is 1. The molecule has 1 N–H and O–H groups in total. The van der Waals surface area contributed by atoms with Crippen molar-refractivity contribution in [2.75, 3.05) is 5.32 Å². The summed E-state index contributed by atoms with van der Waals surface area (Å²) in [6.45, 7) is 0.669. The second kappa shape index (κ2) is 4.92. The molecular weight excluding hydrogens is 248 g/mol. The number of aromatic nitrogens is 5. The van der Waals surface area contributed by atoms with Crippen LogP contribution in [0.2, 0.25) is 0 Å². The smallest absolute Gasteiger partial charge is 0.123 e. The topological polar surface area (TPSA) is 68.5 Å². The first-order valence-electron chi connectivity index (χ1n) is 5.37. The predicted molar refractivity (Wildman–Crippen MR) is 68.6 cm³/mol. The molecule has 2 heterocycles. The Labute approximate surface area is 107 Å². The molecule has 0 radical (unpaired) electrons. The molecule has 0 spiro atoms. The molecule has 2 aromatic heterocycles. The van der Waals surface area contributed by atoms with E-state index in [9.17, 15) is 0 Å². The van der Waals surface area contributed by atoms with E-state index in [0.717, 1.165) is 17.1 Å². The molecule has 18 heavy (non-hydrogen) atoms. The first-order valence-corrected chi connectivity index (χ1v) is 6.20. The number of hydrogen-bond donors (Lipinski definition) is 1. The van der Waals surface area contributed by atoms with Crippen molar-refractivity contribution in [1.29, 1.82) is 0 Å². The van der Waals surface area contributed by atoms with Crippen molar-refractivity contribution in [2.24, 2.45) is 0 Å². The van der Waals surface area contributed by atoms with Crippen LogP contribution in [0.5, 0.6) is 0 Å². The molecule has 0 atom stereocenters. The minimum absolute atomic E-state index is 0.669. The van der Waals surface area contributed by atoms with Crippen molar-refractivity contribution < 1.29 is 0 Å². The molecule has 3 aromatic rings. The van der Waals surface area contributed by atoms with Gasteiger partial charge in [-0.15, -0.1) is 15.3 Å². The van der Waals surface area contributed by atoms with E-state index in [1.807, 2.05) is 34.2 Å². The maximum absolute atomic E-state index is 3.98. The first kappa shape index (κ1) is 10.8. The van der Waals surface area contributed by atoms with Crippen LogP contribution < -0.4 is 5.32 Å². The lowest BCUT2D eigenvalue weighted by atomic mass is 10.2. The van der Waals surface area contributed by atoms with Gasteiger partial charge in [-0.1, -0.05) is 10.6 Å². The molecule has 3 rings (SSSR count). The molecule has 0 unspecified atom stereocenters. The normalized spacial score (nSPS) is 10.4. The summed E-state index contributed by atoms with van der Waals surface area (Å²) in [6, 6.07) is 8.02. The van der Waals surface area contributed by atoms with E-state index in [2.05, 4.69) is 25.1 Å². The maximum Gasteiger partial charge on any atom is 0.123 e. The molecule has 1 aromatic carbocycles. The zero-order chi connectivity index (χ0) is 12.2. The van der Waals surface area contributed by atoms with Crippen LogP contribution in [0.1, 0.15) is 5.69 Å². The lowest BCUT2D eigenvalue weighted by molar-refractivity contribution is 0.996. The number of nitrogens with zero attached hydrogens (tertiary/aromatic N) is 5. The second-order valence-corrected chi connectivity index (χ2v) is 4.28. The molecule has 0 amide bonds. The Balaban J connectivity index is 1.75. The molecule has 0 saturated heterocycles. The Hall–Kier alpha value is -2.28. The maximum atomic E-state index is 3.98. The Bertz CT molecular complexity index is 604. The molecule has 0 fully saturated rings. The van der Waals surface area contributed by atoms with Crippen LogP contribution in [0.25, 0.3) is 5.69 Å². The van der Waals surface area contributed by atoms with Crippen LogP contribution in [0.15, 0.2) is 42.3 Å². The van der Waals surface area contributed by atoms with Gasteiger partial charge in [0.15, 0.2) is 0 Å². The van der Waals surface area contributed by atoms with Crippen LogP contribution in [-0.4, -0.2) is 24.4 Å². The summed E-state index contributed by atoms with van der Waals surface area (Å²) in [7, 11) is 0. The van der Waals surface area contributed by atoms with Gasteiger partial charge in [0, 0.05) is 11.1 Å². The molecule has 0 bridgehead atoms. The van der Waals surface area contributed by atoms with E-state index in [1.54, 1.807) is 12.7 Å². The predicted octanol–water partition coefficient (Wildman–Crippen LogP) is 1.73. The van der Waals surface area contributed by atoms with Crippen LogP contribution in [-0.2, 0) is 6.54 Å². The van der Waals surface area contributed by atoms with Gasteiger partial charge in [0.1, 0.15) is 12.7 Å². The van der Waals surface area contributed by atoms with Gasteiger partial charge in [-0.3, -0.25) is 4.57 Å². The fourth-order valence-electron chi connectivity index (χ4n) is 1.56. The average molecular weight is 258 g/mol. The van der Waals surface area contributed by atoms with Crippen molar-refractivity contribution in [3.8, 4) is 5.69 Å². The summed E-state index contributed by atoms with van der Waals surface area (Å²) in [5, 5.41) is 16.8. The van der Waals surface area contributed by atoms with Gasteiger partial charge in [-0.25, -0.2) is 0 Å². The van der Waals surface area contributed by atoms with Gasteiger partial charge in [-0.2, -0.15) is 0 Å². The van der Waals surface area contributed by atoms with Gasteiger partial charge in [0.25, 0.3) is 0 Å². The highest BCUT2D eigenvalue weighted by molar-refractivity contribution is 7.03. The summed E-state index contributed by atoms with van der Waals surface area (Å²) in [6.07, 6.45) is 3.34. The zero-order valence-electron chi connectivity index (χ0n) is 9.39. The van der Waals surface area contributed by atoms with Crippen molar-refractivity contribution in [1.82, 2.24) is 24.4 Å². The lowest BCUT2D eigenvalue weighted by Gasteiger charge is -2.07. The highest BCUT2D eigenvalue weighted by atomic mass is 32.1. The molecular formula is C11H10N6S. The Morgan fingerprint density at radius 2 is 2.11 bits per heavy atom. The Morgan fingerprint density at radius 3 is 2.89 bits per heavy atom. The van der Waals surface area contributed by atoms with Crippen molar-refractivity contribution in [3.05, 3.63) is 48.0 Å². The molecule has 0 saturated carbocycles. The quantitative estimate of drug-likeness (QED) is 0.772. The van der Waals surface area contributed by atoms with E-state index in [-0.39, 0.29) is 0 Å². The Morgan fingerprint density at radius 1 is 1.22 bits per heavy atom. The van der Waals surface area contributed by atoms with E-state index >= 15 is 0 Å². The SMILES string of the molecule is c1cc(NCc2csnn2)cc(-n2cnnc2)c1. The number of benzene rings is 1. The third-order valence-corrected chi connectivity index (χ3v) is 3.00. The minimum Gasteiger partial charge on any atom is -0.379 e. The van der Waals surface area contributed by atoms with E-state index in [0.29, 0.717) is 6.54 Å². The van der Waals surface area contributed by atoms with Crippen LogP contribution >= 0.6 is 11.5 Å². The number of hydrogen-bond acceptors (Lipinski definition) is 6. The second-order valence-electron chi connectivity index (χ2n) is 3.67. The molecule has 0 aliphatic carbocycles. The third-order valence-electron chi connectivity index (χ3n) is 2.44. The average Bonchev–Trinajstić information content (AvgIpc) is 3.10. The monoisotopic (exact) mass is 258 g/mol. The fraction of sp³-hybridized carbons (Fsp3) is 0.0909. The third kappa shape index (κ3) is 2.35. The molecule has 90 valence electrons. The molecule has 7 heteroatoms. The van der Waals surface area contributed by atoms with E-state index in [4.69, 9.17) is 0 Å². The summed E-state index contributed by atoms with van der Waals surface area (Å²) in [5.41, 5.74) is 2.98. The van der Waals surface area contributed by atoms with Gasteiger partial charge >= 0.3 is 0 Å². The summed E-state index contributed by atoms with van der Waals surface area (Å²) in [5.74, 6) is 0. The summed E-state index contributed by atoms with van der Waals surface area (Å²) >= 11 is 1.35. The molecule has 6 nitrogen and oxygen atoms in total. The Kier molecular flexibility index (Phi) is 2.97. The van der Waals surface area contributed by atoms with Crippen LogP contribution in [0, 0.1) is 0 Å². The fourth-order valence-corrected chi connectivity index (χ4v) is 2.02. The van der Waals surface area contributed by atoms with Crippen molar-refractivity contribution >= 4 is 17.2 Å². The van der Waals surface area contributed by atoms with E-state index < -0.39 is 0 Å². The largest absolute Gasteiger partial charge is 0.379 e. The van der Waals surface area contributed by atoms with E-state index in [1.165, 1.54) is 11.5 Å². The highest BCUT2D eigenvalue weighted by Gasteiger charge is 2.00. The van der Waals surface area contributed by atoms with Crippen molar-refractivity contribution in [3.63, 3.8) is 0 Å². The van der Waals surface area contributed by atoms with Gasteiger partial charge in [0.05, 0.1) is 17.9 Å². The lowest BCUT2D eigenvalue weighted by Crippen LogP contribution is -2.00. The minimum atomic E-state index is 0.669. The van der Waals surface area contributed by atoms with Gasteiger partial charge < -0.3 is 5.32 Å². The zero-order valence-corrected chi connectivity index (χ0v) is 10.2. The van der Waals surface area contributed by atoms with Gasteiger partial charge in [0.2, 0.25) is 0 Å². The van der Waals surface area contributed by atoms with Crippen molar-refractivity contribution in [2.45, 2.75) is 6.54 Å². The summed E-state index contributed by atoms with van der Waals surface area (Å²) < 4.78 is 5.68. The molecule has 0 aliphatic heterocycles. The van der Waals surface area contributed by atoms with Crippen LogP contribution in [0.3, 0.4) is 0 Å².